The van der Waals surface area contributed by atoms with E-state index >= 15 is 0 Å². The molecule has 2 bridgehead atoms. The molecule has 188 valence electrons. The Hall–Kier alpha value is -2.67. The first-order valence-corrected chi connectivity index (χ1v) is 13.4. The number of anilines is 2. The van der Waals surface area contributed by atoms with Crippen LogP contribution in [0.15, 0.2) is 29.4 Å². The number of nitrogens with one attached hydrogen (secondary N) is 2. The fourth-order valence-corrected chi connectivity index (χ4v) is 5.05. The number of benzene rings is 1. The van der Waals surface area contributed by atoms with Crippen LogP contribution in [0.25, 0.3) is 0 Å². The largest absolute Gasteiger partial charge is 0.474 e. The topological polar surface area (TPSA) is 127 Å². The Morgan fingerprint density at radius 1 is 1.26 bits per heavy atom. The highest BCUT2D eigenvalue weighted by Gasteiger charge is 2.48. The van der Waals surface area contributed by atoms with E-state index in [2.05, 4.69) is 27.3 Å². The van der Waals surface area contributed by atoms with Gasteiger partial charge < -0.3 is 20.2 Å². The van der Waals surface area contributed by atoms with Crippen molar-refractivity contribution in [1.29, 1.82) is 5.41 Å². The van der Waals surface area contributed by atoms with Crippen LogP contribution < -0.4 is 10.1 Å². The summed E-state index contributed by atoms with van der Waals surface area (Å²) in [5.74, 6) is -0.352. The predicted molar refractivity (Wildman–Crippen MR) is 125 cm³/mol. The molecule has 2 N–H and O–H groups in total. The van der Waals surface area contributed by atoms with E-state index < -0.39 is 15.7 Å². The number of halogens is 1. The van der Waals surface area contributed by atoms with E-state index in [0.29, 0.717) is 26.1 Å². The van der Waals surface area contributed by atoms with Crippen molar-refractivity contribution in [3.63, 3.8) is 0 Å². The number of rotatable bonds is 8. The van der Waals surface area contributed by atoms with E-state index in [9.17, 15) is 12.8 Å². The Morgan fingerprint density at radius 2 is 1.97 bits per heavy atom. The van der Waals surface area contributed by atoms with Gasteiger partial charge in [0.15, 0.2) is 9.84 Å². The molecular formula is C23H28FN5O5S. The van der Waals surface area contributed by atoms with Gasteiger partial charge in [-0.1, -0.05) is 0 Å². The number of aromatic nitrogens is 2. The van der Waals surface area contributed by atoms with E-state index in [1.165, 1.54) is 18.5 Å². The summed E-state index contributed by atoms with van der Waals surface area (Å²) in [4.78, 5) is 14.5. The maximum atomic E-state index is 14.6. The van der Waals surface area contributed by atoms with Gasteiger partial charge in [-0.05, 0) is 38.0 Å². The van der Waals surface area contributed by atoms with Crippen LogP contribution in [-0.2, 0) is 19.4 Å². The van der Waals surface area contributed by atoms with Gasteiger partial charge in [0.25, 0.3) is 0 Å². The van der Waals surface area contributed by atoms with Crippen molar-refractivity contribution in [1.82, 2.24) is 15.0 Å². The van der Waals surface area contributed by atoms with Crippen LogP contribution in [0.3, 0.4) is 0 Å². The molecule has 0 amide bonds. The quantitative estimate of drug-likeness (QED) is 0.521. The number of piperidine rings is 1. The zero-order valence-corrected chi connectivity index (χ0v) is 20.3. The summed E-state index contributed by atoms with van der Waals surface area (Å²) in [5, 5.41) is 12.8. The van der Waals surface area contributed by atoms with Gasteiger partial charge in [0, 0.05) is 25.3 Å². The molecule has 3 heterocycles. The maximum Gasteiger partial charge on any atom is 0.227 e. The Balaban J connectivity index is 1.32. The molecular weight excluding hydrogens is 477 g/mol. The van der Waals surface area contributed by atoms with Crippen LogP contribution >= 0.6 is 0 Å². The van der Waals surface area contributed by atoms with Crippen LogP contribution in [0.5, 0.6) is 5.88 Å². The summed E-state index contributed by atoms with van der Waals surface area (Å²) >= 11 is 0. The molecule has 0 radical (unpaired) electrons. The highest BCUT2D eigenvalue weighted by atomic mass is 32.2. The number of ether oxygens (including phenoxy) is 2. The zero-order valence-electron chi connectivity index (χ0n) is 19.5. The molecule has 10 nitrogen and oxygen atoms in total. The van der Waals surface area contributed by atoms with Gasteiger partial charge in [0.1, 0.15) is 24.1 Å². The van der Waals surface area contributed by atoms with Gasteiger partial charge in [-0.25, -0.2) is 22.8 Å². The van der Waals surface area contributed by atoms with Crippen LogP contribution in [-0.4, -0.2) is 72.9 Å². The molecule has 3 aliphatic rings. The van der Waals surface area contributed by atoms with Gasteiger partial charge in [-0.15, -0.1) is 0 Å². The van der Waals surface area contributed by atoms with E-state index in [1.54, 1.807) is 0 Å². The van der Waals surface area contributed by atoms with Crippen molar-refractivity contribution < 1.29 is 27.1 Å². The Labute approximate surface area is 203 Å². The highest BCUT2D eigenvalue weighted by molar-refractivity contribution is 7.90. The SMILES string of the molecule is CC1(ON2C3COCC2CC(Oc2ncnc(Nc4ccc(S(C)(=O)=O)cc4F)c2C=N)C3)CC1. The average Bonchev–Trinajstić information content (AvgIpc) is 3.52. The summed E-state index contributed by atoms with van der Waals surface area (Å²) in [5.41, 5.74) is 0.220. The van der Waals surface area contributed by atoms with Crippen molar-refractivity contribution in [2.24, 2.45) is 0 Å². The number of sulfone groups is 1. The number of hydrogen-bond acceptors (Lipinski definition) is 10. The highest BCUT2D eigenvalue weighted by Crippen LogP contribution is 2.43. The lowest BCUT2D eigenvalue weighted by atomic mass is 9.94. The molecule has 2 unspecified atom stereocenters. The number of nitrogens with zero attached hydrogens (tertiary/aromatic N) is 3. The maximum absolute atomic E-state index is 14.6. The minimum absolute atomic E-state index is 0.0239. The van der Waals surface area contributed by atoms with Gasteiger partial charge in [0.2, 0.25) is 5.88 Å². The number of morpholine rings is 1. The van der Waals surface area contributed by atoms with Crippen molar-refractivity contribution >= 4 is 27.6 Å². The number of fused-ring (bicyclic) bond motifs is 2. The summed E-state index contributed by atoms with van der Waals surface area (Å²) in [6, 6.07) is 3.70. The van der Waals surface area contributed by atoms with Gasteiger partial charge in [-0.3, -0.25) is 4.84 Å². The molecule has 3 fully saturated rings. The molecule has 1 aliphatic carbocycles. The zero-order chi connectivity index (χ0) is 24.8. The third-order valence-corrected chi connectivity index (χ3v) is 7.69. The van der Waals surface area contributed by atoms with E-state index in [-0.39, 0.29) is 51.6 Å². The van der Waals surface area contributed by atoms with Crippen LogP contribution in [0, 0.1) is 11.2 Å². The molecule has 2 atom stereocenters. The second kappa shape index (κ2) is 9.08. The van der Waals surface area contributed by atoms with Crippen molar-refractivity contribution in [2.45, 2.75) is 61.3 Å². The second-order valence-corrected chi connectivity index (χ2v) is 11.6. The molecule has 12 heteroatoms. The molecule has 1 saturated carbocycles. The lowest BCUT2D eigenvalue weighted by Gasteiger charge is -2.47. The van der Waals surface area contributed by atoms with Gasteiger partial charge in [0.05, 0.1) is 47.0 Å². The number of hydroxylamine groups is 2. The molecule has 2 aliphatic heterocycles. The number of hydrogen-bond donors (Lipinski definition) is 2. The smallest absolute Gasteiger partial charge is 0.227 e. The third kappa shape index (κ3) is 5.15. The van der Waals surface area contributed by atoms with E-state index in [0.717, 1.165) is 31.4 Å². The second-order valence-electron chi connectivity index (χ2n) is 9.58. The summed E-state index contributed by atoms with van der Waals surface area (Å²) in [7, 11) is -3.54. The van der Waals surface area contributed by atoms with Crippen molar-refractivity contribution in [3.8, 4) is 5.88 Å². The standard InChI is InChI=1S/C23H28FN5O5S/c1-23(5-6-23)34-29-14-7-16(8-15(29)12-32-11-14)33-22-18(10-25)21(26-13-27-22)28-20-4-3-17(9-19(20)24)35(2,30)31/h3-4,9-10,13-16,25H,5-8,11-12H2,1-2H3,(H,26,27,28). The van der Waals surface area contributed by atoms with Crippen LogP contribution in [0.4, 0.5) is 15.9 Å². The Morgan fingerprint density at radius 3 is 2.57 bits per heavy atom. The summed E-state index contributed by atoms with van der Waals surface area (Å²) in [6.07, 6.45) is 6.66. The van der Waals surface area contributed by atoms with Crippen LogP contribution in [0.1, 0.15) is 38.2 Å². The first-order chi connectivity index (χ1) is 16.6. The van der Waals surface area contributed by atoms with Gasteiger partial charge in [-0.2, -0.15) is 5.06 Å². The first kappa shape index (κ1) is 24.0. The molecule has 2 aromatic rings. The fourth-order valence-electron chi connectivity index (χ4n) is 4.42. The van der Waals surface area contributed by atoms with Crippen molar-refractivity contribution in [3.05, 3.63) is 35.9 Å². The van der Waals surface area contributed by atoms with E-state index in [4.69, 9.17) is 19.7 Å². The minimum atomic E-state index is -3.54. The summed E-state index contributed by atoms with van der Waals surface area (Å²) < 4.78 is 49.9. The van der Waals surface area contributed by atoms with Crippen molar-refractivity contribution in [2.75, 3.05) is 24.8 Å². The lowest BCUT2D eigenvalue weighted by molar-refractivity contribution is -0.302. The fraction of sp³-hybridized carbons (Fsp3) is 0.522. The van der Waals surface area contributed by atoms with Gasteiger partial charge >= 0.3 is 0 Å². The Kier molecular flexibility index (Phi) is 6.24. The lowest BCUT2D eigenvalue weighted by Crippen LogP contribution is -2.59. The predicted octanol–water partition coefficient (Wildman–Crippen LogP) is 2.86. The third-order valence-electron chi connectivity index (χ3n) is 6.58. The minimum Gasteiger partial charge on any atom is -0.474 e. The first-order valence-electron chi connectivity index (χ1n) is 11.5. The molecule has 1 aromatic carbocycles. The van der Waals surface area contributed by atoms with E-state index in [1.807, 2.05) is 0 Å². The average molecular weight is 506 g/mol. The van der Waals surface area contributed by atoms with Crippen LogP contribution in [0.2, 0.25) is 0 Å². The normalized spacial score (nSPS) is 25.6. The molecule has 35 heavy (non-hydrogen) atoms. The molecule has 5 rings (SSSR count). The Bertz CT molecular complexity index is 1220. The monoisotopic (exact) mass is 505 g/mol. The molecule has 2 saturated heterocycles. The molecule has 1 aromatic heterocycles. The molecule has 0 spiro atoms. The summed E-state index contributed by atoms with van der Waals surface area (Å²) in [6.45, 7) is 3.24.